The summed E-state index contributed by atoms with van der Waals surface area (Å²) < 4.78 is 5.58. The number of nitrogens with zero attached hydrogens (tertiary/aromatic N) is 1. The number of morpholine rings is 1. The molecule has 1 fully saturated rings. The van der Waals surface area contributed by atoms with E-state index in [1.807, 2.05) is 13.8 Å². The first-order chi connectivity index (χ1) is 6.48. The standard InChI is InChI=1S/C9H17NO3S/c1-9(2)6-10(8(12)5-14)3-7(4-11)13-9/h7,11,14H,3-6H2,1-2H3. The molecule has 0 aromatic rings. The molecule has 1 aliphatic rings. The lowest BCUT2D eigenvalue weighted by Crippen LogP contribution is -2.55. The Hall–Kier alpha value is -0.260. The summed E-state index contributed by atoms with van der Waals surface area (Å²) in [6.45, 7) is 4.78. The minimum Gasteiger partial charge on any atom is -0.394 e. The second-order valence-electron chi connectivity index (χ2n) is 4.11. The molecule has 1 rings (SSSR count). The van der Waals surface area contributed by atoms with Crippen LogP contribution in [0.4, 0.5) is 0 Å². The molecule has 5 heteroatoms. The summed E-state index contributed by atoms with van der Waals surface area (Å²) in [5.41, 5.74) is -0.385. The first-order valence-corrected chi connectivity index (χ1v) is 5.29. The Morgan fingerprint density at radius 3 is 2.86 bits per heavy atom. The number of aliphatic hydroxyl groups is 1. The third-order valence-electron chi connectivity index (χ3n) is 2.17. The topological polar surface area (TPSA) is 49.8 Å². The second-order valence-corrected chi connectivity index (χ2v) is 4.43. The van der Waals surface area contributed by atoms with Crippen LogP contribution in [0, 0.1) is 0 Å². The molecule has 4 nitrogen and oxygen atoms in total. The Balaban J connectivity index is 2.65. The first kappa shape index (κ1) is 11.8. The Bertz CT molecular complexity index is 220. The molecule has 0 aromatic heterocycles. The van der Waals surface area contributed by atoms with Crippen LogP contribution in [0.3, 0.4) is 0 Å². The lowest BCUT2D eigenvalue weighted by molar-refractivity contribution is -0.164. The van der Waals surface area contributed by atoms with E-state index in [1.54, 1.807) is 4.90 Å². The summed E-state index contributed by atoms with van der Waals surface area (Å²) in [5, 5.41) is 9.01. The number of amides is 1. The van der Waals surface area contributed by atoms with E-state index >= 15 is 0 Å². The monoisotopic (exact) mass is 219 g/mol. The van der Waals surface area contributed by atoms with E-state index in [2.05, 4.69) is 12.6 Å². The highest BCUT2D eigenvalue weighted by Gasteiger charge is 2.34. The molecular formula is C9H17NO3S. The summed E-state index contributed by atoms with van der Waals surface area (Å²) in [6, 6.07) is 0. The van der Waals surface area contributed by atoms with Crippen molar-refractivity contribution in [3.8, 4) is 0 Å². The van der Waals surface area contributed by atoms with Crippen molar-refractivity contribution in [1.82, 2.24) is 4.90 Å². The Kier molecular flexibility index (Phi) is 3.80. The highest BCUT2D eigenvalue weighted by atomic mass is 32.1. The largest absolute Gasteiger partial charge is 0.394 e. The van der Waals surface area contributed by atoms with Gasteiger partial charge in [0.05, 0.1) is 24.1 Å². The fraction of sp³-hybridized carbons (Fsp3) is 0.889. The van der Waals surface area contributed by atoms with Gasteiger partial charge in [0.25, 0.3) is 0 Å². The molecule has 0 spiro atoms. The molecule has 0 bridgehead atoms. The molecule has 1 heterocycles. The third kappa shape index (κ3) is 2.87. The SMILES string of the molecule is CC1(C)CN(C(=O)CS)CC(CO)O1. The minimum absolute atomic E-state index is 0.0110. The van der Waals surface area contributed by atoms with Gasteiger partial charge < -0.3 is 14.7 Å². The maximum absolute atomic E-state index is 11.4. The second kappa shape index (κ2) is 4.51. The lowest BCUT2D eigenvalue weighted by Gasteiger charge is -2.42. The smallest absolute Gasteiger partial charge is 0.232 e. The summed E-state index contributed by atoms with van der Waals surface area (Å²) in [6.07, 6.45) is -0.275. The molecule has 1 unspecified atom stereocenters. The zero-order valence-corrected chi connectivity index (χ0v) is 9.46. The van der Waals surface area contributed by atoms with Crippen molar-refractivity contribution in [3.63, 3.8) is 0 Å². The van der Waals surface area contributed by atoms with Gasteiger partial charge in [-0.25, -0.2) is 0 Å². The molecular weight excluding hydrogens is 202 g/mol. The molecule has 1 atom stereocenters. The summed E-state index contributed by atoms with van der Waals surface area (Å²) in [4.78, 5) is 13.1. The van der Waals surface area contributed by atoms with Gasteiger partial charge in [-0.05, 0) is 13.8 Å². The number of carbonyl (C=O) groups excluding carboxylic acids is 1. The molecule has 0 aromatic carbocycles. The van der Waals surface area contributed by atoms with Gasteiger partial charge in [-0.3, -0.25) is 4.79 Å². The zero-order valence-electron chi connectivity index (χ0n) is 8.56. The van der Waals surface area contributed by atoms with E-state index in [0.717, 1.165) is 0 Å². The number of rotatable bonds is 2. The summed E-state index contributed by atoms with van der Waals surface area (Å²) >= 11 is 3.95. The molecule has 82 valence electrons. The molecule has 1 N–H and O–H groups in total. The molecule has 0 radical (unpaired) electrons. The van der Waals surface area contributed by atoms with Crippen LogP contribution < -0.4 is 0 Å². The van der Waals surface area contributed by atoms with Gasteiger partial charge in [-0.15, -0.1) is 0 Å². The highest BCUT2D eigenvalue weighted by Crippen LogP contribution is 2.20. The van der Waals surface area contributed by atoms with E-state index in [9.17, 15) is 4.79 Å². The normalized spacial score (nSPS) is 26.3. The molecule has 0 aliphatic carbocycles. The van der Waals surface area contributed by atoms with Crippen molar-refractivity contribution in [2.24, 2.45) is 0 Å². The molecule has 1 aliphatic heterocycles. The predicted octanol–water partition coefficient (Wildman–Crippen LogP) is -0.0855. The van der Waals surface area contributed by atoms with E-state index < -0.39 is 0 Å². The van der Waals surface area contributed by atoms with Crippen molar-refractivity contribution in [1.29, 1.82) is 0 Å². The number of hydrogen-bond donors (Lipinski definition) is 2. The quantitative estimate of drug-likeness (QED) is 0.638. The number of aliphatic hydroxyl groups excluding tert-OH is 1. The maximum Gasteiger partial charge on any atom is 0.232 e. The average molecular weight is 219 g/mol. The number of carbonyl (C=O) groups is 1. The molecule has 14 heavy (non-hydrogen) atoms. The van der Waals surface area contributed by atoms with Gasteiger partial charge in [-0.2, -0.15) is 12.6 Å². The summed E-state index contributed by atoms with van der Waals surface area (Å²) in [5.74, 6) is 0.192. The van der Waals surface area contributed by atoms with Crippen LogP contribution >= 0.6 is 12.6 Å². The van der Waals surface area contributed by atoms with Gasteiger partial charge in [0.15, 0.2) is 0 Å². The van der Waals surface area contributed by atoms with Gasteiger partial charge in [0, 0.05) is 13.1 Å². The van der Waals surface area contributed by atoms with Crippen molar-refractivity contribution < 1.29 is 14.6 Å². The van der Waals surface area contributed by atoms with Gasteiger partial charge in [0.1, 0.15) is 0 Å². The van der Waals surface area contributed by atoms with E-state index in [1.165, 1.54) is 0 Å². The Labute approximate surface area is 89.6 Å². The highest BCUT2D eigenvalue weighted by molar-refractivity contribution is 7.81. The maximum atomic E-state index is 11.4. The van der Waals surface area contributed by atoms with Gasteiger partial charge in [0.2, 0.25) is 5.91 Å². The van der Waals surface area contributed by atoms with Crippen LogP contribution in [0.5, 0.6) is 0 Å². The van der Waals surface area contributed by atoms with Crippen LogP contribution in [-0.4, -0.2) is 53.1 Å². The van der Waals surface area contributed by atoms with E-state index in [0.29, 0.717) is 13.1 Å². The fourth-order valence-electron chi connectivity index (χ4n) is 1.68. The molecule has 1 saturated heterocycles. The fourth-order valence-corrected chi connectivity index (χ4v) is 1.88. The average Bonchev–Trinajstić information content (AvgIpc) is 2.14. The van der Waals surface area contributed by atoms with Crippen LogP contribution in [0.15, 0.2) is 0 Å². The van der Waals surface area contributed by atoms with E-state index in [-0.39, 0.29) is 30.0 Å². The van der Waals surface area contributed by atoms with Crippen LogP contribution in [0.1, 0.15) is 13.8 Å². The summed E-state index contributed by atoms with van der Waals surface area (Å²) in [7, 11) is 0. The Morgan fingerprint density at radius 1 is 1.71 bits per heavy atom. The van der Waals surface area contributed by atoms with E-state index in [4.69, 9.17) is 9.84 Å². The van der Waals surface area contributed by atoms with Crippen molar-refractivity contribution in [2.75, 3.05) is 25.4 Å². The predicted molar refractivity (Wildman–Crippen MR) is 56.5 cm³/mol. The van der Waals surface area contributed by atoms with Crippen LogP contribution in [0.2, 0.25) is 0 Å². The third-order valence-corrected chi connectivity index (χ3v) is 2.44. The van der Waals surface area contributed by atoms with Crippen LogP contribution in [-0.2, 0) is 9.53 Å². The lowest BCUT2D eigenvalue weighted by atomic mass is 10.1. The van der Waals surface area contributed by atoms with Gasteiger partial charge >= 0.3 is 0 Å². The van der Waals surface area contributed by atoms with Crippen molar-refractivity contribution in [2.45, 2.75) is 25.6 Å². The van der Waals surface area contributed by atoms with Crippen LogP contribution in [0.25, 0.3) is 0 Å². The molecule has 0 saturated carbocycles. The Morgan fingerprint density at radius 2 is 2.36 bits per heavy atom. The first-order valence-electron chi connectivity index (χ1n) is 4.66. The van der Waals surface area contributed by atoms with Crippen molar-refractivity contribution in [3.05, 3.63) is 0 Å². The number of thiol groups is 1. The van der Waals surface area contributed by atoms with Crippen molar-refractivity contribution >= 4 is 18.5 Å². The number of ether oxygens (including phenoxy) is 1. The minimum atomic E-state index is -0.385. The molecule has 1 amide bonds. The number of hydrogen-bond acceptors (Lipinski definition) is 4. The van der Waals surface area contributed by atoms with Gasteiger partial charge in [-0.1, -0.05) is 0 Å². The zero-order chi connectivity index (χ0) is 10.8.